The predicted molar refractivity (Wildman–Crippen MR) is 170 cm³/mol. The molecule has 0 fully saturated rings. The van der Waals surface area contributed by atoms with Crippen molar-refractivity contribution in [3.8, 4) is 0 Å². The van der Waals surface area contributed by atoms with Crippen molar-refractivity contribution in [3.63, 3.8) is 0 Å². The van der Waals surface area contributed by atoms with E-state index in [9.17, 15) is 18.0 Å². The average molecular weight is 613 g/mol. The number of amidine groups is 1. The number of benzene rings is 4. The molecule has 0 unspecified atom stereocenters. The maximum absolute atomic E-state index is 13.7. The van der Waals surface area contributed by atoms with Gasteiger partial charge >= 0.3 is 6.18 Å². The lowest BCUT2D eigenvalue weighted by Gasteiger charge is -2.23. The van der Waals surface area contributed by atoms with E-state index in [1.165, 1.54) is 16.5 Å². The molecule has 1 aromatic heterocycles. The van der Waals surface area contributed by atoms with Crippen LogP contribution in [0.5, 0.6) is 0 Å². The molecule has 5 N–H and O–H groups in total. The highest BCUT2D eigenvalue weighted by Gasteiger charge is 2.30. The summed E-state index contributed by atoms with van der Waals surface area (Å²) in [5.74, 6) is 0.542. The zero-order chi connectivity index (χ0) is 32.1. The summed E-state index contributed by atoms with van der Waals surface area (Å²) >= 11 is 0. The number of carbonyl (C=O) groups is 1. The molecule has 7 nitrogen and oxygen atoms in total. The highest BCUT2D eigenvalue weighted by atomic mass is 19.4. The van der Waals surface area contributed by atoms with Crippen LogP contribution in [0.25, 0.3) is 11.0 Å². The minimum atomic E-state index is -4.48. The quantitative estimate of drug-likeness (QED) is 0.124. The summed E-state index contributed by atoms with van der Waals surface area (Å²) in [7, 11) is 0. The van der Waals surface area contributed by atoms with Gasteiger partial charge in [-0.1, -0.05) is 66.2 Å². The van der Waals surface area contributed by atoms with E-state index in [1.54, 1.807) is 18.2 Å². The zero-order valence-electron chi connectivity index (χ0n) is 24.9. The van der Waals surface area contributed by atoms with Crippen molar-refractivity contribution in [2.24, 2.45) is 11.5 Å². The lowest BCUT2D eigenvalue weighted by atomic mass is 10.1. The monoisotopic (exact) mass is 612 g/mol. The van der Waals surface area contributed by atoms with Crippen molar-refractivity contribution in [1.29, 1.82) is 5.41 Å². The maximum atomic E-state index is 13.7. The third kappa shape index (κ3) is 7.58. The van der Waals surface area contributed by atoms with E-state index in [1.807, 2.05) is 37.3 Å². The number of aryl methyl sites for hydroxylation is 3. The summed E-state index contributed by atoms with van der Waals surface area (Å²) in [4.78, 5) is 20.1. The molecule has 10 heteroatoms. The molecule has 0 atom stereocenters. The number of nitrogens with two attached hydrogens (primary N) is 2. The average Bonchev–Trinajstić information content (AvgIpc) is 3.36. The van der Waals surface area contributed by atoms with Gasteiger partial charge in [0.2, 0.25) is 0 Å². The van der Waals surface area contributed by atoms with Gasteiger partial charge in [0.1, 0.15) is 11.7 Å². The first-order chi connectivity index (χ1) is 21.5. The number of nitrogens with zero attached hydrogens (tertiary/aromatic N) is 3. The number of nitrogens with one attached hydrogen (secondary N) is 1. The SMILES string of the molecule is Cc1ccc(Cn2c(CCc3ccc(C(=N)N)cc3)nc3cc(C(=O)N(CCN)Cc4cccc(C(F)(F)F)c4)ccc32)cc1. The highest BCUT2D eigenvalue weighted by molar-refractivity contribution is 5.97. The molecule has 0 bridgehead atoms. The first kappa shape index (κ1) is 31.5. The fourth-order valence-corrected chi connectivity index (χ4v) is 5.32. The van der Waals surface area contributed by atoms with Crippen molar-refractivity contribution in [3.05, 3.63) is 136 Å². The molecule has 45 heavy (non-hydrogen) atoms. The lowest BCUT2D eigenvalue weighted by molar-refractivity contribution is -0.137. The van der Waals surface area contributed by atoms with Gasteiger partial charge in [-0.2, -0.15) is 13.2 Å². The molecule has 5 aromatic rings. The van der Waals surface area contributed by atoms with Crippen LogP contribution in [-0.4, -0.2) is 39.3 Å². The Kier molecular flexibility index (Phi) is 9.34. The van der Waals surface area contributed by atoms with Crippen LogP contribution >= 0.6 is 0 Å². The maximum Gasteiger partial charge on any atom is 0.416 e. The van der Waals surface area contributed by atoms with Gasteiger partial charge < -0.3 is 20.9 Å². The number of hydrogen-bond donors (Lipinski definition) is 3. The van der Waals surface area contributed by atoms with E-state index in [0.29, 0.717) is 41.6 Å². The summed E-state index contributed by atoms with van der Waals surface area (Å²) in [6.07, 6.45) is -3.13. The molecular formula is C35H35F3N6O. The third-order valence-electron chi connectivity index (χ3n) is 7.75. The Hall–Kier alpha value is -4.96. The van der Waals surface area contributed by atoms with Gasteiger partial charge in [-0.25, -0.2) is 4.98 Å². The summed E-state index contributed by atoms with van der Waals surface area (Å²) in [5.41, 5.74) is 16.9. The Morgan fingerprint density at radius 1 is 0.889 bits per heavy atom. The molecule has 5 rings (SSSR count). The summed E-state index contributed by atoms with van der Waals surface area (Å²) in [6, 6.07) is 26.2. The van der Waals surface area contributed by atoms with Gasteiger partial charge in [-0.05, 0) is 60.4 Å². The van der Waals surface area contributed by atoms with E-state index in [0.717, 1.165) is 34.6 Å². The zero-order valence-corrected chi connectivity index (χ0v) is 24.9. The Bertz CT molecular complexity index is 1810. The van der Waals surface area contributed by atoms with Crippen LogP contribution in [-0.2, 0) is 32.1 Å². The van der Waals surface area contributed by atoms with Gasteiger partial charge in [0, 0.05) is 43.7 Å². The van der Waals surface area contributed by atoms with Crippen LogP contribution < -0.4 is 11.5 Å². The van der Waals surface area contributed by atoms with Crippen molar-refractivity contribution in [1.82, 2.24) is 14.5 Å². The van der Waals surface area contributed by atoms with Gasteiger partial charge in [0.05, 0.1) is 16.6 Å². The normalized spacial score (nSPS) is 11.6. The number of rotatable bonds is 11. The van der Waals surface area contributed by atoms with Crippen LogP contribution in [0.1, 0.15) is 49.6 Å². The van der Waals surface area contributed by atoms with Crippen molar-refractivity contribution < 1.29 is 18.0 Å². The lowest BCUT2D eigenvalue weighted by Crippen LogP contribution is -2.35. The van der Waals surface area contributed by atoms with E-state index in [4.69, 9.17) is 21.9 Å². The molecular weight excluding hydrogens is 577 g/mol. The van der Waals surface area contributed by atoms with Crippen LogP contribution in [0, 0.1) is 12.3 Å². The second-order valence-corrected chi connectivity index (χ2v) is 11.1. The topological polar surface area (TPSA) is 114 Å². The standard InChI is InChI=1S/C35H35F3N6O/c1-23-5-7-25(8-6-23)22-44-31-15-14-28(20-30(31)42-32(44)16-11-24-9-12-27(13-10-24)33(40)41)34(45)43(18-17-39)21-26-3-2-4-29(19-26)35(36,37)38/h2-10,12-15,19-20H,11,16-18,21-22,39H2,1H3,(H3,40,41). The Labute approximate surface area is 259 Å². The number of aromatic nitrogens is 2. The summed E-state index contributed by atoms with van der Waals surface area (Å²) in [5, 5.41) is 7.63. The molecule has 0 aliphatic rings. The number of nitrogen functional groups attached to an aromatic ring is 1. The number of halogens is 3. The smallest absolute Gasteiger partial charge is 0.384 e. The van der Waals surface area contributed by atoms with Crippen LogP contribution in [0.4, 0.5) is 13.2 Å². The van der Waals surface area contributed by atoms with E-state index in [2.05, 4.69) is 28.8 Å². The van der Waals surface area contributed by atoms with Crippen molar-refractivity contribution >= 4 is 22.8 Å². The molecule has 232 valence electrons. The second-order valence-electron chi connectivity index (χ2n) is 11.1. The van der Waals surface area contributed by atoms with E-state index in [-0.39, 0.29) is 31.4 Å². The minimum Gasteiger partial charge on any atom is -0.384 e. The molecule has 0 radical (unpaired) electrons. The number of alkyl halides is 3. The van der Waals surface area contributed by atoms with Crippen LogP contribution in [0.2, 0.25) is 0 Å². The first-order valence-electron chi connectivity index (χ1n) is 14.7. The minimum absolute atomic E-state index is 0.00643. The molecule has 0 aliphatic heterocycles. The Morgan fingerprint density at radius 3 is 2.24 bits per heavy atom. The number of imidazole rings is 1. The summed E-state index contributed by atoms with van der Waals surface area (Å²) in [6.45, 7) is 2.97. The first-order valence-corrected chi connectivity index (χ1v) is 14.7. The molecule has 0 saturated carbocycles. The van der Waals surface area contributed by atoms with Gasteiger partial charge in [-0.3, -0.25) is 10.2 Å². The number of carbonyl (C=O) groups excluding carboxylic acids is 1. The molecule has 0 spiro atoms. The van der Waals surface area contributed by atoms with E-state index < -0.39 is 11.7 Å². The Balaban J connectivity index is 1.44. The number of hydrogen-bond acceptors (Lipinski definition) is 4. The molecule has 1 amide bonds. The van der Waals surface area contributed by atoms with Crippen molar-refractivity contribution in [2.75, 3.05) is 13.1 Å². The third-order valence-corrected chi connectivity index (χ3v) is 7.75. The fourth-order valence-electron chi connectivity index (χ4n) is 5.32. The Morgan fingerprint density at radius 2 is 1.58 bits per heavy atom. The van der Waals surface area contributed by atoms with Crippen molar-refractivity contribution in [2.45, 2.75) is 39.0 Å². The molecule has 0 saturated heterocycles. The number of amides is 1. The van der Waals surface area contributed by atoms with E-state index >= 15 is 0 Å². The number of fused-ring (bicyclic) bond motifs is 1. The van der Waals surface area contributed by atoms with Gasteiger partial charge in [0.25, 0.3) is 5.91 Å². The molecule has 1 heterocycles. The highest BCUT2D eigenvalue weighted by Crippen LogP contribution is 2.30. The molecule has 4 aromatic carbocycles. The van der Waals surface area contributed by atoms with Crippen LogP contribution in [0.3, 0.4) is 0 Å². The largest absolute Gasteiger partial charge is 0.416 e. The van der Waals surface area contributed by atoms with Crippen LogP contribution in [0.15, 0.2) is 91.0 Å². The molecule has 0 aliphatic carbocycles. The summed E-state index contributed by atoms with van der Waals surface area (Å²) < 4.78 is 42.0. The predicted octanol–water partition coefficient (Wildman–Crippen LogP) is 6.08. The van der Waals surface area contributed by atoms with Gasteiger partial charge in [-0.15, -0.1) is 0 Å². The fraction of sp³-hybridized carbons (Fsp3) is 0.229. The van der Waals surface area contributed by atoms with Gasteiger partial charge in [0.15, 0.2) is 0 Å². The second kappa shape index (κ2) is 13.4.